The lowest BCUT2D eigenvalue weighted by Gasteiger charge is -2.41. The summed E-state index contributed by atoms with van der Waals surface area (Å²) in [5.74, 6) is 1.35. The third kappa shape index (κ3) is 4.34. The van der Waals surface area contributed by atoms with Gasteiger partial charge in [-0.2, -0.15) is 0 Å². The van der Waals surface area contributed by atoms with Crippen molar-refractivity contribution >= 4 is 21.6 Å². The Morgan fingerprint density at radius 2 is 1.81 bits per heavy atom. The molecule has 2 aliphatic heterocycles. The number of rotatable bonds is 7. The van der Waals surface area contributed by atoms with E-state index >= 15 is 0 Å². The molecule has 172 valence electrons. The number of carbonyl (C=O) groups excluding carboxylic acids is 1. The Bertz CT molecular complexity index is 1110. The van der Waals surface area contributed by atoms with Crippen molar-refractivity contribution in [3.05, 3.63) is 48.0 Å². The SMILES string of the molecule is CCC1(CC)C[C@@H](NC(=O)CN(c2ccc3c(c2)OCO3)S(C)(=O)=O)c2ccccc2O1. The summed E-state index contributed by atoms with van der Waals surface area (Å²) < 4.78 is 43.0. The van der Waals surface area contributed by atoms with Crippen molar-refractivity contribution in [1.29, 1.82) is 0 Å². The molecule has 4 rings (SSSR count). The van der Waals surface area contributed by atoms with E-state index in [9.17, 15) is 13.2 Å². The number of amides is 1. The lowest BCUT2D eigenvalue weighted by molar-refractivity contribution is -0.121. The lowest BCUT2D eigenvalue weighted by Crippen LogP contribution is -2.47. The minimum absolute atomic E-state index is 0.0813. The van der Waals surface area contributed by atoms with E-state index in [1.165, 1.54) is 0 Å². The summed E-state index contributed by atoms with van der Waals surface area (Å²) in [6.45, 7) is 3.88. The maximum Gasteiger partial charge on any atom is 0.241 e. The molecule has 0 radical (unpaired) electrons. The zero-order chi connectivity index (χ0) is 22.9. The second-order valence-corrected chi connectivity index (χ2v) is 10.1. The molecular formula is C23H28N2O6S. The second kappa shape index (κ2) is 8.54. The van der Waals surface area contributed by atoms with Crippen LogP contribution in [0, 0.1) is 0 Å². The van der Waals surface area contributed by atoms with Crippen molar-refractivity contribution in [2.75, 3.05) is 23.9 Å². The van der Waals surface area contributed by atoms with E-state index in [0.29, 0.717) is 23.6 Å². The van der Waals surface area contributed by atoms with E-state index in [4.69, 9.17) is 14.2 Å². The minimum Gasteiger partial charge on any atom is -0.487 e. The molecule has 2 aromatic carbocycles. The van der Waals surface area contributed by atoms with Crippen molar-refractivity contribution in [3.63, 3.8) is 0 Å². The molecule has 0 unspecified atom stereocenters. The van der Waals surface area contributed by atoms with Gasteiger partial charge in [-0.1, -0.05) is 32.0 Å². The number of sulfonamides is 1. The first-order valence-corrected chi connectivity index (χ1v) is 12.5. The van der Waals surface area contributed by atoms with E-state index in [1.54, 1.807) is 18.2 Å². The third-order valence-corrected chi connectivity index (χ3v) is 7.29. The molecule has 32 heavy (non-hydrogen) atoms. The molecule has 0 aliphatic carbocycles. The Balaban J connectivity index is 1.57. The van der Waals surface area contributed by atoms with Gasteiger partial charge in [0.05, 0.1) is 18.0 Å². The number of carbonyl (C=O) groups is 1. The fourth-order valence-corrected chi connectivity index (χ4v) is 5.09. The summed E-state index contributed by atoms with van der Waals surface area (Å²) in [6, 6.07) is 12.2. The Kier molecular flexibility index (Phi) is 5.94. The highest BCUT2D eigenvalue weighted by Gasteiger charge is 2.39. The van der Waals surface area contributed by atoms with Gasteiger partial charge in [0.2, 0.25) is 22.7 Å². The molecule has 0 saturated carbocycles. The normalized spacial score (nSPS) is 18.4. The largest absolute Gasteiger partial charge is 0.487 e. The third-order valence-electron chi connectivity index (χ3n) is 6.15. The molecular weight excluding hydrogens is 432 g/mol. The first-order valence-electron chi connectivity index (χ1n) is 10.7. The zero-order valence-electron chi connectivity index (χ0n) is 18.5. The molecule has 0 spiro atoms. The number of hydrogen-bond donors (Lipinski definition) is 1. The van der Waals surface area contributed by atoms with Crippen LogP contribution in [0.5, 0.6) is 17.2 Å². The van der Waals surface area contributed by atoms with E-state index in [2.05, 4.69) is 19.2 Å². The van der Waals surface area contributed by atoms with Crippen molar-refractivity contribution < 1.29 is 27.4 Å². The summed E-state index contributed by atoms with van der Waals surface area (Å²) in [5.41, 5.74) is 0.864. The summed E-state index contributed by atoms with van der Waals surface area (Å²) in [5, 5.41) is 3.04. The quantitative estimate of drug-likeness (QED) is 0.681. The lowest BCUT2D eigenvalue weighted by atomic mass is 9.83. The summed E-state index contributed by atoms with van der Waals surface area (Å²) in [4.78, 5) is 13.1. The van der Waals surface area contributed by atoms with Gasteiger partial charge < -0.3 is 19.5 Å². The summed E-state index contributed by atoms with van der Waals surface area (Å²) >= 11 is 0. The van der Waals surface area contributed by atoms with Crippen molar-refractivity contribution in [2.24, 2.45) is 0 Å². The molecule has 0 bridgehead atoms. The van der Waals surface area contributed by atoms with Gasteiger partial charge in [0, 0.05) is 18.1 Å². The molecule has 0 aromatic heterocycles. The number of anilines is 1. The molecule has 0 saturated heterocycles. The summed E-state index contributed by atoms with van der Waals surface area (Å²) in [6.07, 6.45) is 3.30. The van der Waals surface area contributed by atoms with E-state index in [0.717, 1.165) is 34.7 Å². The maximum atomic E-state index is 13.1. The number of ether oxygens (including phenoxy) is 3. The number of para-hydroxylation sites is 1. The fraction of sp³-hybridized carbons (Fsp3) is 0.435. The molecule has 2 aliphatic rings. The molecule has 2 aromatic rings. The van der Waals surface area contributed by atoms with Crippen LogP contribution in [0.1, 0.15) is 44.7 Å². The van der Waals surface area contributed by atoms with E-state index < -0.39 is 15.9 Å². The smallest absolute Gasteiger partial charge is 0.241 e. The van der Waals surface area contributed by atoms with Gasteiger partial charge in [0.25, 0.3) is 0 Å². The Labute approximate surface area is 188 Å². The topological polar surface area (TPSA) is 94.2 Å². The second-order valence-electron chi connectivity index (χ2n) is 8.16. The first kappa shape index (κ1) is 22.3. The fourth-order valence-electron chi connectivity index (χ4n) is 4.24. The first-order chi connectivity index (χ1) is 15.2. The van der Waals surface area contributed by atoms with E-state index in [-0.39, 0.29) is 25.0 Å². The average Bonchev–Trinajstić information content (AvgIpc) is 3.24. The number of nitrogens with zero attached hydrogens (tertiary/aromatic N) is 1. The monoisotopic (exact) mass is 460 g/mol. The van der Waals surface area contributed by atoms with Gasteiger partial charge in [-0.15, -0.1) is 0 Å². The predicted molar refractivity (Wildman–Crippen MR) is 121 cm³/mol. The van der Waals surface area contributed by atoms with Crippen LogP contribution >= 0.6 is 0 Å². The van der Waals surface area contributed by atoms with Crippen LogP contribution < -0.4 is 23.8 Å². The number of fused-ring (bicyclic) bond motifs is 2. The van der Waals surface area contributed by atoms with Crippen molar-refractivity contribution in [1.82, 2.24) is 5.32 Å². The van der Waals surface area contributed by atoms with Gasteiger partial charge in [0.15, 0.2) is 11.5 Å². The van der Waals surface area contributed by atoms with Crippen LogP contribution in [-0.4, -0.2) is 39.5 Å². The van der Waals surface area contributed by atoms with Crippen molar-refractivity contribution in [3.8, 4) is 17.2 Å². The van der Waals surface area contributed by atoms with Crippen LogP contribution in [0.2, 0.25) is 0 Å². The molecule has 2 heterocycles. The average molecular weight is 461 g/mol. The Morgan fingerprint density at radius 1 is 1.09 bits per heavy atom. The molecule has 1 atom stereocenters. The molecule has 1 N–H and O–H groups in total. The van der Waals surface area contributed by atoms with Gasteiger partial charge in [-0.05, 0) is 31.0 Å². The molecule has 8 nitrogen and oxygen atoms in total. The zero-order valence-corrected chi connectivity index (χ0v) is 19.3. The Morgan fingerprint density at radius 3 is 2.53 bits per heavy atom. The number of nitrogens with one attached hydrogen (secondary N) is 1. The number of hydrogen-bond acceptors (Lipinski definition) is 6. The van der Waals surface area contributed by atoms with Crippen LogP contribution in [0.4, 0.5) is 5.69 Å². The molecule has 0 fully saturated rings. The predicted octanol–water partition coefficient (Wildman–Crippen LogP) is 3.38. The minimum atomic E-state index is -3.71. The van der Waals surface area contributed by atoms with Gasteiger partial charge in [-0.25, -0.2) is 8.42 Å². The Hall–Kier alpha value is -2.94. The van der Waals surface area contributed by atoms with Gasteiger partial charge in [0.1, 0.15) is 17.9 Å². The highest BCUT2D eigenvalue weighted by Crippen LogP contribution is 2.42. The highest BCUT2D eigenvalue weighted by atomic mass is 32.2. The van der Waals surface area contributed by atoms with Crippen LogP contribution in [0.3, 0.4) is 0 Å². The highest BCUT2D eigenvalue weighted by molar-refractivity contribution is 7.92. The maximum absolute atomic E-state index is 13.1. The van der Waals surface area contributed by atoms with Gasteiger partial charge >= 0.3 is 0 Å². The van der Waals surface area contributed by atoms with E-state index in [1.807, 2.05) is 24.3 Å². The van der Waals surface area contributed by atoms with Crippen LogP contribution in [-0.2, 0) is 14.8 Å². The molecule has 9 heteroatoms. The van der Waals surface area contributed by atoms with Crippen molar-refractivity contribution in [2.45, 2.75) is 44.8 Å². The van der Waals surface area contributed by atoms with Gasteiger partial charge in [-0.3, -0.25) is 9.10 Å². The van der Waals surface area contributed by atoms with Crippen LogP contribution in [0.15, 0.2) is 42.5 Å². The molecule has 1 amide bonds. The van der Waals surface area contributed by atoms with Crippen LogP contribution in [0.25, 0.3) is 0 Å². The standard InChI is InChI=1S/C23H28N2O6S/c1-4-23(5-2)13-18(17-8-6-7-9-19(17)31-23)24-22(26)14-25(32(3,27)28)16-10-11-20-21(12-16)30-15-29-20/h6-12,18H,4-5,13-15H2,1-3H3,(H,24,26)/t18-/m1/s1. The summed E-state index contributed by atoms with van der Waals surface area (Å²) in [7, 11) is -3.71. The number of benzene rings is 2.